The summed E-state index contributed by atoms with van der Waals surface area (Å²) in [5.41, 5.74) is 6.78. The number of anilines is 1. The number of nitrogen functional groups attached to an aromatic ring is 1. The van der Waals surface area contributed by atoms with Gasteiger partial charge in [-0.15, -0.1) is 0 Å². The molecule has 5 heteroatoms. The van der Waals surface area contributed by atoms with Crippen molar-refractivity contribution < 1.29 is 4.79 Å². The second-order valence-corrected chi connectivity index (χ2v) is 4.63. The van der Waals surface area contributed by atoms with E-state index in [9.17, 15) is 4.79 Å². The van der Waals surface area contributed by atoms with Crippen molar-refractivity contribution in [3.63, 3.8) is 0 Å². The van der Waals surface area contributed by atoms with Gasteiger partial charge in [0.15, 0.2) is 0 Å². The van der Waals surface area contributed by atoms with Crippen LogP contribution < -0.4 is 11.1 Å². The quantitative estimate of drug-likeness (QED) is 0.833. The van der Waals surface area contributed by atoms with Gasteiger partial charge in [0.1, 0.15) is 5.69 Å². The molecule has 1 aliphatic carbocycles. The van der Waals surface area contributed by atoms with Crippen molar-refractivity contribution in [3.8, 4) is 0 Å². The highest BCUT2D eigenvalue weighted by Gasteiger charge is 2.22. The molecule has 0 radical (unpaired) electrons. The molecule has 1 heterocycles. The van der Waals surface area contributed by atoms with Crippen molar-refractivity contribution in [2.75, 3.05) is 5.73 Å². The molecule has 0 bridgehead atoms. The Bertz CT molecular complexity index is 393. The highest BCUT2D eigenvalue weighted by Crippen LogP contribution is 2.19. The minimum atomic E-state index is -0.0830. The predicted octanol–water partition coefficient (Wildman–Crippen LogP) is 1.55. The minimum absolute atomic E-state index is 0.0830. The van der Waals surface area contributed by atoms with Crippen LogP contribution in [0.2, 0.25) is 0 Å². The molecular weight excluding hydrogens is 216 g/mol. The topological polar surface area (TPSA) is 72.9 Å². The molecule has 0 atom stereocenters. The maximum absolute atomic E-state index is 12.1. The summed E-state index contributed by atoms with van der Waals surface area (Å²) in [5, 5.41) is 7.17. The zero-order valence-electron chi connectivity index (χ0n) is 10.3. The number of carbonyl (C=O) groups excluding carboxylic acids is 1. The van der Waals surface area contributed by atoms with Gasteiger partial charge in [0.25, 0.3) is 5.91 Å². The fraction of sp³-hybridized carbons (Fsp3) is 0.667. The Labute approximate surface area is 101 Å². The summed E-state index contributed by atoms with van der Waals surface area (Å²) in [6, 6.07) is 0.312. The number of aromatic nitrogens is 2. The van der Waals surface area contributed by atoms with Gasteiger partial charge < -0.3 is 11.1 Å². The van der Waals surface area contributed by atoms with E-state index < -0.39 is 0 Å². The molecule has 0 aromatic carbocycles. The van der Waals surface area contributed by atoms with Crippen molar-refractivity contribution in [1.29, 1.82) is 0 Å². The van der Waals surface area contributed by atoms with Crippen LogP contribution in [-0.4, -0.2) is 21.7 Å². The van der Waals surface area contributed by atoms with Crippen molar-refractivity contribution in [3.05, 3.63) is 11.9 Å². The van der Waals surface area contributed by atoms with Crippen LogP contribution in [0.3, 0.4) is 0 Å². The Hall–Kier alpha value is -1.52. The van der Waals surface area contributed by atoms with E-state index in [-0.39, 0.29) is 5.91 Å². The van der Waals surface area contributed by atoms with E-state index >= 15 is 0 Å². The van der Waals surface area contributed by atoms with Crippen LogP contribution in [0.4, 0.5) is 5.69 Å². The third-order valence-electron chi connectivity index (χ3n) is 3.21. The third-order valence-corrected chi connectivity index (χ3v) is 3.21. The van der Waals surface area contributed by atoms with Gasteiger partial charge >= 0.3 is 0 Å². The van der Waals surface area contributed by atoms with E-state index in [1.165, 1.54) is 12.8 Å². The second-order valence-electron chi connectivity index (χ2n) is 4.63. The molecule has 5 nitrogen and oxygen atoms in total. The molecular formula is C12H20N4O. The average molecular weight is 236 g/mol. The molecule has 3 N–H and O–H groups in total. The number of nitrogens with two attached hydrogens (primary N) is 1. The molecule has 17 heavy (non-hydrogen) atoms. The third kappa shape index (κ3) is 2.60. The Morgan fingerprint density at radius 2 is 2.29 bits per heavy atom. The van der Waals surface area contributed by atoms with Crippen LogP contribution >= 0.6 is 0 Å². The molecule has 1 fully saturated rings. The van der Waals surface area contributed by atoms with E-state index in [1.54, 1.807) is 10.9 Å². The maximum atomic E-state index is 12.1. The minimum Gasteiger partial charge on any atom is -0.396 e. The van der Waals surface area contributed by atoms with E-state index in [0.29, 0.717) is 17.4 Å². The summed E-state index contributed by atoms with van der Waals surface area (Å²) in [4.78, 5) is 12.1. The number of nitrogens with zero attached hydrogens (tertiary/aromatic N) is 2. The molecule has 0 spiro atoms. The molecule has 0 saturated heterocycles. The van der Waals surface area contributed by atoms with Crippen molar-refractivity contribution in [2.24, 2.45) is 0 Å². The highest BCUT2D eigenvalue weighted by atomic mass is 16.2. The lowest BCUT2D eigenvalue weighted by molar-refractivity contribution is 0.0927. The molecule has 2 rings (SSSR count). The van der Waals surface area contributed by atoms with E-state index in [0.717, 1.165) is 25.8 Å². The Balaban J connectivity index is 2.09. The molecule has 1 saturated carbocycles. The lowest BCUT2D eigenvalue weighted by Gasteiger charge is -2.13. The van der Waals surface area contributed by atoms with E-state index in [4.69, 9.17) is 5.73 Å². The summed E-state index contributed by atoms with van der Waals surface area (Å²) in [5.74, 6) is -0.0830. The lowest BCUT2D eigenvalue weighted by Crippen LogP contribution is -2.34. The number of aryl methyl sites for hydroxylation is 1. The molecule has 1 aliphatic rings. The van der Waals surface area contributed by atoms with Crippen LogP contribution in [0.5, 0.6) is 0 Å². The Kier molecular flexibility index (Phi) is 3.66. The first-order valence-corrected chi connectivity index (χ1v) is 6.34. The first-order valence-electron chi connectivity index (χ1n) is 6.34. The number of amides is 1. The highest BCUT2D eigenvalue weighted by molar-refractivity contribution is 5.97. The SMILES string of the molecule is CCCn1ncc(N)c1C(=O)NC1CCCC1. The lowest BCUT2D eigenvalue weighted by atomic mass is 10.2. The van der Waals surface area contributed by atoms with Gasteiger partial charge in [-0.3, -0.25) is 9.48 Å². The summed E-state index contributed by atoms with van der Waals surface area (Å²) in [6.07, 6.45) is 7.05. The number of carbonyl (C=O) groups is 1. The zero-order chi connectivity index (χ0) is 12.3. The zero-order valence-corrected chi connectivity index (χ0v) is 10.3. The molecule has 1 amide bonds. The van der Waals surface area contributed by atoms with E-state index in [2.05, 4.69) is 17.3 Å². The van der Waals surface area contributed by atoms with Crippen LogP contribution in [0.1, 0.15) is 49.5 Å². The van der Waals surface area contributed by atoms with Gasteiger partial charge in [-0.05, 0) is 19.3 Å². The second kappa shape index (κ2) is 5.21. The predicted molar refractivity (Wildman–Crippen MR) is 66.7 cm³/mol. The molecule has 0 unspecified atom stereocenters. The number of hydrogen-bond acceptors (Lipinski definition) is 3. The standard InChI is InChI=1S/C12H20N4O/c1-2-7-16-11(10(13)8-14-16)12(17)15-9-5-3-4-6-9/h8-9H,2-7,13H2,1H3,(H,15,17). The Morgan fingerprint density at radius 3 is 2.94 bits per heavy atom. The monoisotopic (exact) mass is 236 g/mol. The Morgan fingerprint density at radius 1 is 1.59 bits per heavy atom. The van der Waals surface area contributed by atoms with Crippen LogP contribution in [0, 0.1) is 0 Å². The largest absolute Gasteiger partial charge is 0.396 e. The molecule has 1 aromatic rings. The van der Waals surface area contributed by atoms with Gasteiger partial charge in [-0.2, -0.15) is 5.10 Å². The van der Waals surface area contributed by atoms with Crippen LogP contribution in [0.15, 0.2) is 6.20 Å². The number of rotatable bonds is 4. The van der Waals surface area contributed by atoms with Crippen LogP contribution in [0.25, 0.3) is 0 Å². The van der Waals surface area contributed by atoms with Gasteiger partial charge in [0.2, 0.25) is 0 Å². The first-order chi connectivity index (χ1) is 8.22. The van der Waals surface area contributed by atoms with Gasteiger partial charge in [-0.1, -0.05) is 19.8 Å². The molecule has 94 valence electrons. The first kappa shape index (κ1) is 12.0. The van der Waals surface area contributed by atoms with Gasteiger partial charge in [0.05, 0.1) is 11.9 Å². The maximum Gasteiger partial charge on any atom is 0.271 e. The van der Waals surface area contributed by atoms with Crippen molar-refractivity contribution in [2.45, 2.75) is 51.6 Å². The number of nitrogens with one attached hydrogen (secondary N) is 1. The molecule has 0 aliphatic heterocycles. The normalized spacial score (nSPS) is 16.3. The van der Waals surface area contributed by atoms with Crippen molar-refractivity contribution >= 4 is 11.6 Å². The van der Waals surface area contributed by atoms with Gasteiger partial charge in [0, 0.05) is 12.6 Å². The molecule has 1 aromatic heterocycles. The summed E-state index contributed by atoms with van der Waals surface area (Å²) in [7, 11) is 0. The summed E-state index contributed by atoms with van der Waals surface area (Å²) < 4.78 is 1.69. The summed E-state index contributed by atoms with van der Waals surface area (Å²) >= 11 is 0. The summed E-state index contributed by atoms with van der Waals surface area (Å²) in [6.45, 7) is 2.78. The average Bonchev–Trinajstić information content (AvgIpc) is 2.89. The van der Waals surface area contributed by atoms with Crippen molar-refractivity contribution in [1.82, 2.24) is 15.1 Å². The number of hydrogen-bond donors (Lipinski definition) is 2. The smallest absolute Gasteiger partial charge is 0.271 e. The van der Waals surface area contributed by atoms with Gasteiger partial charge in [-0.25, -0.2) is 0 Å². The fourth-order valence-corrected chi connectivity index (χ4v) is 2.35. The van der Waals surface area contributed by atoms with Crippen LogP contribution in [-0.2, 0) is 6.54 Å². The fourth-order valence-electron chi connectivity index (χ4n) is 2.35. The van der Waals surface area contributed by atoms with E-state index in [1.807, 2.05) is 0 Å².